The van der Waals surface area contributed by atoms with Crippen molar-refractivity contribution >= 4 is 5.65 Å². The molecular weight excluding hydrogens is 322 g/mol. The van der Waals surface area contributed by atoms with Crippen molar-refractivity contribution in [2.24, 2.45) is 0 Å². The Balaban J connectivity index is 1.91. The molecule has 0 fully saturated rings. The highest BCUT2D eigenvalue weighted by Crippen LogP contribution is 2.26. The summed E-state index contributed by atoms with van der Waals surface area (Å²) in [5, 5.41) is 3.20. The number of aromatic amines is 1. The van der Waals surface area contributed by atoms with Crippen molar-refractivity contribution in [3.05, 3.63) is 93.0 Å². The molecule has 2 heterocycles. The Labute approximate surface area is 152 Å². The summed E-state index contributed by atoms with van der Waals surface area (Å²) in [5.74, 6) is 0. The van der Waals surface area contributed by atoms with E-state index in [0.29, 0.717) is 12.1 Å². The molecule has 4 aromatic rings. The molecule has 0 spiro atoms. The number of nitrogens with zero attached hydrogens (tertiary/aromatic N) is 2. The number of rotatable bonds is 3. The van der Waals surface area contributed by atoms with E-state index in [9.17, 15) is 4.79 Å². The van der Waals surface area contributed by atoms with E-state index in [-0.39, 0.29) is 5.56 Å². The van der Waals surface area contributed by atoms with Crippen molar-refractivity contribution in [3.63, 3.8) is 0 Å². The van der Waals surface area contributed by atoms with Crippen LogP contribution in [0.15, 0.2) is 59.4 Å². The van der Waals surface area contributed by atoms with Gasteiger partial charge in [-0.05, 0) is 37.5 Å². The lowest BCUT2D eigenvalue weighted by Gasteiger charge is -2.08. The van der Waals surface area contributed by atoms with Crippen LogP contribution in [0.2, 0.25) is 0 Å². The SMILES string of the molecule is Cc1ccccc1Cc1c(C)nc2c(-c3ccccc3)c(C)[nH]n2c1=O. The summed E-state index contributed by atoms with van der Waals surface area (Å²) < 4.78 is 1.58. The Morgan fingerprint density at radius 2 is 1.65 bits per heavy atom. The summed E-state index contributed by atoms with van der Waals surface area (Å²) in [7, 11) is 0. The summed E-state index contributed by atoms with van der Waals surface area (Å²) >= 11 is 0. The zero-order chi connectivity index (χ0) is 18.3. The predicted octanol–water partition coefficient (Wildman–Crippen LogP) is 4.21. The van der Waals surface area contributed by atoms with Crippen molar-refractivity contribution in [1.82, 2.24) is 14.6 Å². The summed E-state index contributed by atoms with van der Waals surface area (Å²) in [5.41, 5.74) is 7.49. The molecule has 0 unspecified atom stereocenters. The molecule has 4 rings (SSSR count). The number of hydrogen-bond acceptors (Lipinski definition) is 2. The average molecular weight is 343 g/mol. The van der Waals surface area contributed by atoms with E-state index >= 15 is 0 Å². The maximum Gasteiger partial charge on any atom is 0.276 e. The van der Waals surface area contributed by atoms with Gasteiger partial charge in [0.15, 0.2) is 5.65 Å². The molecule has 130 valence electrons. The third-order valence-corrected chi connectivity index (χ3v) is 4.95. The van der Waals surface area contributed by atoms with Gasteiger partial charge in [-0.2, -0.15) is 0 Å². The van der Waals surface area contributed by atoms with Crippen LogP contribution in [0.3, 0.4) is 0 Å². The van der Waals surface area contributed by atoms with Crippen molar-refractivity contribution < 1.29 is 0 Å². The van der Waals surface area contributed by atoms with Crippen LogP contribution in [0.4, 0.5) is 0 Å². The number of nitrogens with one attached hydrogen (secondary N) is 1. The van der Waals surface area contributed by atoms with E-state index in [1.807, 2.05) is 56.3 Å². The van der Waals surface area contributed by atoms with Gasteiger partial charge in [0.05, 0.1) is 0 Å². The Morgan fingerprint density at radius 3 is 2.38 bits per heavy atom. The lowest BCUT2D eigenvalue weighted by molar-refractivity contribution is 0.846. The fourth-order valence-corrected chi connectivity index (χ4v) is 3.48. The summed E-state index contributed by atoms with van der Waals surface area (Å²) in [6, 6.07) is 18.2. The third kappa shape index (κ3) is 2.64. The lowest BCUT2D eigenvalue weighted by Crippen LogP contribution is -2.22. The minimum atomic E-state index is -0.0268. The molecule has 1 N–H and O–H groups in total. The van der Waals surface area contributed by atoms with Crippen LogP contribution >= 0.6 is 0 Å². The summed E-state index contributed by atoms with van der Waals surface area (Å²) in [4.78, 5) is 17.9. The molecule has 0 aliphatic carbocycles. The molecule has 0 bridgehead atoms. The first-order valence-corrected chi connectivity index (χ1v) is 8.77. The number of hydrogen-bond donors (Lipinski definition) is 1. The highest BCUT2D eigenvalue weighted by atomic mass is 16.1. The second kappa shape index (κ2) is 6.30. The highest BCUT2D eigenvalue weighted by Gasteiger charge is 2.18. The molecule has 0 saturated carbocycles. The minimum Gasteiger partial charge on any atom is -0.293 e. The Hall–Kier alpha value is -3.14. The topological polar surface area (TPSA) is 50.2 Å². The van der Waals surface area contributed by atoms with Crippen LogP contribution in [0, 0.1) is 20.8 Å². The molecule has 2 aromatic heterocycles. The zero-order valence-electron chi connectivity index (χ0n) is 15.2. The van der Waals surface area contributed by atoms with Gasteiger partial charge in [0, 0.05) is 28.9 Å². The van der Waals surface area contributed by atoms with E-state index in [1.165, 1.54) is 5.56 Å². The van der Waals surface area contributed by atoms with E-state index in [2.05, 4.69) is 24.2 Å². The first-order chi connectivity index (χ1) is 12.6. The van der Waals surface area contributed by atoms with Gasteiger partial charge in [0.1, 0.15) is 0 Å². The van der Waals surface area contributed by atoms with Gasteiger partial charge in [-0.15, -0.1) is 0 Å². The molecule has 0 atom stereocenters. The Bertz CT molecular complexity index is 1150. The van der Waals surface area contributed by atoms with Gasteiger partial charge in [0.2, 0.25) is 0 Å². The second-order valence-corrected chi connectivity index (χ2v) is 6.72. The molecule has 2 aromatic carbocycles. The zero-order valence-corrected chi connectivity index (χ0v) is 15.2. The quantitative estimate of drug-likeness (QED) is 0.606. The van der Waals surface area contributed by atoms with E-state index in [0.717, 1.165) is 33.6 Å². The normalized spacial score (nSPS) is 11.2. The minimum absolute atomic E-state index is 0.0268. The van der Waals surface area contributed by atoms with Crippen molar-refractivity contribution in [3.8, 4) is 11.1 Å². The van der Waals surface area contributed by atoms with E-state index < -0.39 is 0 Å². The maximum atomic E-state index is 13.2. The summed E-state index contributed by atoms with van der Waals surface area (Å²) in [6.45, 7) is 5.97. The number of benzene rings is 2. The number of aryl methyl sites for hydroxylation is 3. The van der Waals surface area contributed by atoms with Crippen LogP contribution < -0.4 is 5.56 Å². The highest BCUT2D eigenvalue weighted by molar-refractivity contribution is 5.79. The van der Waals surface area contributed by atoms with Gasteiger partial charge in [-0.1, -0.05) is 54.6 Å². The number of H-pyrrole nitrogens is 1. The summed E-state index contributed by atoms with van der Waals surface area (Å²) in [6.07, 6.45) is 0.589. The van der Waals surface area contributed by atoms with Gasteiger partial charge >= 0.3 is 0 Å². The Kier molecular flexibility index (Phi) is 3.96. The molecule has 0 aliphatic heterocycles. The van der Waals surface area contributed by atoms with Crippen LogP contribution in [-0.4, -0.2) is 14.6 Å². The fourth-order valence-electron chi connectivity index (χ4n) is 3.48. The van der Waals surface area contributed by atoms with Crippen molar-refractivity contribution in [2.45, 2.75) is 27.2 Å². The number of aromatic nitrogens is 3. The first-order valence-electron chi connectivity index (χ1n) is 8.77. The first kappa shape index (κ1) is 16.3. The molecule has 4 nitrogen and oxygen atoms in total. The largest absolute Gasteiger partial charge is 0.293 e. The Morgan fingerprint density at radius 1 is 0.962 bits per heavy atom. The van der Waals surface area contributed by atoms with Crippen molar-refractivity contribution in [2.75, 3.05) is 0 Å². The molecule has 0 amide bonds. The van der Waals surface area contributed by atoms with Gasteiger partial charge < -0.3 is 0 Å². The van der Waals surface area contributed by atoms with E-state index in [4.69, 9.17) is 4.98 Å². The van der Waals surface area contributed by atoms with Crippen LogP contribution in [0.1, 0.15) is 28.1 Å². The van der Waals surface area contributed by atoms with Gasteiger partial charge in [-0.3, -0.25) is 9.89 Å². The third-order valence-electron chi connectivity index (χ3n) is 4.95. The van der Waals surface area contributed by atoms with E-state index in [1.54, 1.807) is 4.52 Å². The molecule has 0 saturated heterocycles. The van der Waals surface area contributed by atoms with Crippen LogP contribution in [-0.2, 0) is 6.42 Å². The molecular formula is C22H21N3O. The second-order valence-electron chi connectivity index (χ2n) is 6.72. The molecule has 0 aliphatic rings. The molecule has 4 heteroatoms. The predicted molar refractivity (Wildman–Crippen MR) is 105 cm³/mol. The molecule has 0 radical (unpaired) electrons. The van der Waals surface area contributed by atoms with Crippen molar-refractivity contribution in [1.29, 1.82) is 0 Å². The van der Waals surface area contributed by atoms with Crippen LogP contribution in [0.5, 0.6) is 0 Å². The van der Waals surface area contributed by atoms with Gasteiger partial charge in [0.25, 0.3) is 5.56 Å². The maximum absolute atomic E-state index is 13.2. The fraction of sp³-hybridized carbons (Fsp3) is 0.182. The van der Waals surface area contributed by atoms with Crippen LogP contribution in [0.25, 0.3) is 16.8 Å². The smallest absolute Gasteiger partial charge is 0.276 e. The standard InChI is InChI=1S/C22H21N3O/c1-14-9-7-8-12-18(14)13-19-15(2)23-21-20(17-10-5-4-6-11-17)16(3)24-25(21)22(19)26/h4-12,24H,13H2,1-3H3. The lowest BCUT2D eigenvalue weighted by atomic mass is 10.0. The number of fused-ring (bicyclic) bond motifs is 1. The molecule has 26 heavy (non-hydrogen) atoms. The average Bonchev–Trinajstić information content (AvgIpc) is 2.97. The van der Waals surface area contributed by atoms with Gasteiger partial charge in [-0.25, -0.2) is 9.50 Å². The monoisotopic (exact) mass is 343 g/mol.